The van der Waals surface area contributed by atoms with Gasteiger partial charge in [-0.15, -0.1) is 0 Å². The fourth-order valence-corrected chi connectivity index (χ4v) is 3.88. The Kier molecular flexibility index (Phi) is 4.10. The van der Waals surface area contributed by atoms with E-state index < -0.39 is 17.0 Å². The Labute approximate surface area is 125 Å². The second kappa shape index (κ2) is 5.07. The van der Waals surface area contributed by atoms with Gasteiger partial charge in [-0.05, 0) is 37.8 Å². The highest BCUT2D eigenvalue weighted by Gasteiger charge is 2.55. The number of ether oxygens (including phenoxy) is 2. The third kappa shape index (κ3) is 2.17. The minimum absolute atomic E-state index is 0.438. The molecule has 0 fully saturated rings. The third-order valence-corrected chi connectivity index (χ3v) is 5.43. The quantitative estimate of drug-likeness (QED) is 0.719. The second-order valence-electron chi connectivity index (χ2n) is 5.31. The zero-order valence-electron chi connectivity index (χ0n) is 12.1. The van der Waals surface area contributed by atoms with Crippen molar-refractivity contribution in [1.82, 2.24) is 0 Å². The van der Waals surface area contributed by atoms with Crippen LogP contribution in [0.5, 0.6) is 0 Å². The summed E-state index contributed by atoms with van der Waals surface area (Å²) in [5, 5.41) is 1.45. The van der Waals surface area contributed by atoms with Crippen LogP contribution in [0.4, 0.5) is 0 Å². The van der Waals surface area contributed by atoms with Crippen molar-refractivity contribution in [2.45, 2.75) is 70.4 Å². The molecule has 4 heteroatoms. The van der Waals surface area contributed by atoms with Crippen molar-refractivity contribution in [3.63, 3.8) is 0 Å². The summed E-state index contributed by atoms with van der Waals surface area (Å²) < 4.78 is 12.5. The minimum Gasteiger partial charge on any atom is -0.331 e. The van der Waals surface area contributed by atoms with Gasteiger partial charge in [-0.3, -0.25) is 0 Å². The standard InChI is InChI=1S/C15H22Cl2O2/c1-5-13(6-2)11(16)9-15(18-13)10-12(17)14(7-3,8-4)19-15/h9-10H,5-8H2,1-4H3. The number of halogens is 2. The van der Waals surface area contributed by atoms with Gasteiger partial charge < -0.3 is 9.47 Å². The van der Waals surface area contributed by atoms with E-state index in [9.17, 15) is 0 Å². The Balaban J connectivity index is 2.36. The van der Waals surface area contributed by atoms with E-state index in [1.807, 2.05) is 12.2 Å². The molecule has 0 aromatic heterocycles. The van der Waals surface area contributed by atoms with Crippen LogP contribution < -0.4 is 0 Å². The van der Waals surface area contributed by atoms with Crippen molar-refractivity contribution >= 4 is 23.2 Å². The normalized spacial score (nSPS) is 26.6. The molecule has 0 atom stereocenters. The number of hydrogen-bond acceptors (Lipinski definition) is 2. The maximum absolute atomic E-state index is 6.42. The van der Waals surface area contributed by atoms with Crippen molar-refractivity contribution in [2.75, 3.05) is 0 Å². The smallest absolute Gasteiger partial charge is 0.212 e. The summed E-state index contributed by atoms with van der Waals surface area (Å²) in [6.45, 7) is 8.30. The first-order valence-corrected chi connectivity index (χ1v) is 7.85. The van der Waals surface area contributed by atoms with Gasteiger partial charge in [0.1, 0.15) is 11.2 Å². The average molecular weight is 305 g/mol. The summed E-state index contributed by atoms with van der Waals surface area (Å²) in [6, 6.07) is 0. The first kappa shape index (κ1) is 15.4. The van der Waals surface area contributed by atoms with Crippen LogP contribution in [0.1, 0.15) is 53.4 Å². The highest BCUT2D eigenvalue weighted by molar-refractivity contribution is 6.32. The minimum atomic E-state index is -0.883. The molecule has 2 aliphatic rings. The van der Waals surface area contributed by atoms with Crippen LogP contribution in [-0.4, -0.2) is 17.0 Å². The average Bonchev–Trinajstić information content (AvgIpc) is 2.84. The lowest BCUT2D eigenvalue weighted by Gasteiger charge is -2.35. The van der Waals surface area contributed by atoms with Gasteiger partial charge in [0.2, 0.25) is 5.79 Å². The van der Waals surface area contributed by atoms with Gasteiger partial charge in [0.25, 0.3) is 0 Å². The lowest BCUT2D eigenvalue weighted by molar-refractivity contribution is -0.238. The molecular formula is C15H22Cl2O2. The van der Waals surface area contributed by atoms with Gasteiger partial charge in [0.15, 0.2) is 0 Å². The lowest BCUT2D eigenvalue weighted by atomic mass is 9.98. The zero-order chi connectivity index (χ0) is 14.3. The van der Waals surface area contributed by atoms with E-state index in [4.69, 9.17) is 32.7 Å². The van der Waals surface area contributed by atoms with Crippen molar-refractivity contribution in [3.05, 3.63) is 22.2 Å². The summed E-state index contributed by atoms with van der Waals surface area (Å²) in [6.07, 6.45) is 7.02. The molecule has 2 rings (SSSR count). The largest absolute Gasteiger partial charge is 0.331 e. The van der Waals surface area contributed by atoms with Gasteiger partial charge in [0, 0.05) is 0 Å². The van der Waals surface area contributed by atoms with E-state index in [1.165, 1.54) is 0 Å². The van der Waals surface area contributed by atoms with Crippen molar-refractivity contribution in [3.8, 4) is 0 Å². The highest BCUT2D eigenvalue weighted by Crippen LogP contribution is 2.52. The Morgan fingerprint density at radius 2 is 1.11 bits per heavy atom. The molecular weight excluding hydrogens is 283 g/mol. The topological polar surface area (TPSA) is 18.5 Å². The van der Waals surface area contributed by atoms with Crippen molar-refractivity contribution in [1.29, 1.82) is 0 Å². The predicted molar refractivity (Wildman–Crippen MR) is 79.4 cm³/mol. The van der Waals surface area contributed by atoms with E-state index in [-0.39, 0.29) is 0 Å². The molecule has 19 heavy (non-hydrogen) atoms. The van der Waals surface area contributed by atoms with E-state index >= 15 is 0 Å². The van der Waals surface area contributed by atoms with Gasteiger partial charge in [-0.25, -0.2) is 0 Å². The summed E-state index contributed by atoms with van der Waals surface area (Å²) in [5.41, 5.74) is -0.875. The summed E-state index contributed by atoms with van der Waals surface area (Å²) in [5.74, 6) is -0.883. The van der Waals surface area contributed by atoms with Crippen LogP contribution in [0.2, 0.25) is 0 Å². The highest BCUT2D eigenvalue weighted by atomic mass is 35.5. The molecule has 0 aromatic carbocycles. The Hall–Kier alpha value is -0.0200. The third-order valence-electron chi connectivity index (χ3n) is 4.52. The van der Waals surface area contributed by atoms with E-state index in [0.29, 0.717) is 0 Å². The molecule has 0 amide bonds. The summed E-state index contributed by atoms with van der Waals surface area (Å²) >= 11 is 12.8. The van der Waals surface area contributed by atoms with Crippen LogP contribution in [0, 0.1) is 0 Å². The van der Waals surface area contributed by atoms with Crippen LogP contribution in [0.3, 0.4) is 0 Å². The Morgan fingerprint density at radius 1 is 0.789 bits per heavy atom. The molecule has 0 aromatic rings. The molecule has 0 aliphatic carbocycles. The predicted octanol–water partition coefficient (Wildman–Crippen LogP) is 5.11. The molecule has 2 nitrogen and oxygen atoms in total. The molecule has 0 saturated heterocycles. The summed E-state index contributed by atoms with van der Waals surface area (Å²) in [4.78, 5) is 0. The van der Waals surface area contributed by atoms with Crippen LogP contribution in [0.15, 0.2) is 22.2 Å². The van der Waals surface area contributed by atoms with Crippen LogP contribution >= 0.6 is 23.2 Å². The molecule has 2 aliphatic heterocycles. The van der Waals surface area contributed by atoms with Gasteiger partial charge in [0.05, 0.1) is 10.1 Å². The van der Waals surface area contributed by atoms with Gasteiger partial charge in [-0.2, -0.15) is 0 Å². The van der Waals surface area contributed by atoms with E-state index in [0.717, 1.165) is 35.7 Å². The van der Waals surface area contributed by atoms with Crippen molar-refractivity contribution in [2.24, 2.45) is 0 Å². The fraction of sp³-hybridized carbons (Fsp3) is 0.733. The second-order valence-corrected chi connectivity index (χ2v) is 6.13. The van der Waals surface area contributed by atoms with Gasteiger partial charge in [-0.1, -0.05) is 50.9 Å². The first-order valence-electron chi connectivity index (χ1n) is 7.09. The maximum Gasteiger partial charge on any atom is 0.212 e. The molecule has 0 unspecified atom stereocenters. The van der Waals surface area contributed by atoms with Crippen LogP contribution in [-0.2, 0) is 9.47 Å². The van der Waals surface area contributed by atoms with Crippen molar-refractivity contribution < 1.29 is 9.47 Å². The van der Waals surface area contributed by atoms with E-state index in [1.54, 1.807) is 0 Å². The fourth-order valence-electron chi connectivity index (χ4n) is 2.97. The monoisotopic (exact) mass is 304 g/mol. The molecule has 1 spiro atoms. The molecule has 0 saturated carbocycles. The number of hydrogen-bond donors (Lipinski definition) is 0. The zero-order valence-corrected chi connectivity index (χ0v) is 13.6. The van der Waals surface area contributed by atoms with Gasteiger partial charge >= 0.3 is 0 Å². The Morgan fingerprint density at radius 3 is 1.32 bits per heavy atom. The molecule has 0 bridgehead atoms. The SMILES string of the molecule is CCC1(CC)OC2(C=C1Cl)C=C(Cl)C(CC)(CC)O2. The molecule has 2 heterocycles. The number of rotatable bonds is 4. The maximum atomic E-state index is 6.42. The molecule has 0 radical (unpaired) electrons. The van der Waals surface area contributed by atoms with Crippen LogP contribution in [0.25, 0.3) is 0 Å². The molecule has 0 N–H and O–H groups in total. The summed E-state index contributed by atoms with van der Waals surface area (Å²) in [7, 11) is 0. The lowest BCUT2D eigenvalue weighted by Crippen LogP contribution is -2.40. The Bertz CT molecular complexity index is 378. The van der Waals surface area contributed by atoms with E-state index in [2.05, 4.69) is 27.7 Å². The first-order chi connectivity index (χ1) is 8.91. The molecule has 108 valence electrons.